The molecule has 0 aromatic carbocycles. The molecule has 1 spiro atoms. The first kappa shape index (κ1) is 19.8. The monoisotopic (exact) mass is 435 g/mol. The van der Waals surface area contributed by atoms with Crippen LogP contribution >= 0.6 is 0 Å². The van der Waals surface area contributed by atoms with Crippen LogP contribution in [0, 0.1) is 0 Å². The number of aliphatic imine (C=N–C) groups is 1. The minimum Gasteiger partial charge on any atom is -0.441 e. The maximum absolute atomic E-state index is 12.5. The van der Waals surface area contributed by atoms with E-state index in [2.05, 4.69) is 15.3 Å². The first-order chi connectivity index (χ1) is 14.8. The zero-order chi connectivity index (χ0) is 21.9. The van der Waals surface area contributed by atoms with Gasteiger partial charge in [-0.05, 0) is 12.8 Å². The Bertz CT molecular complexity index is 870. The van der Waals surface area contributed by atoms with E-state index in [9.17, 15) is 19.5 Å². The van der Waals surface area contributed by atoms with Crippen LogP contribution in [0.2, 0.25) is 0 Å². The van der Waals surface area contributed by atoms with Crippen molar-refractivity contribution >= 4 is 29.8 Å². The molecule has 13 heteroatoms. The van der Waals surface area contributed by atoms with Gasteiger partial charge in [0.25, 0.3) is 0 Å². The summed E-state index contributed by atoms with van der Waals surface area (Å²) in [6.07, 6.45) is -0.331. The molecule has 0 bridgehead atoms. The van der Waals surface area contributed by atoms with Gasteiger partial charge in [0.2, 0.25) is 17.5 Å². The number of carbonyl (C=O) groups excluding carboxylic acids is 3. The van der Waals surface area contributed by atoms with Gasteiger partial charge in [0.1, 0.15) is 6.04 Å². The van der Waals surface area contributed by atoms with Crippen LogP contribution in [0.5, 0.6) is 0 Å². The van der Waals surface area contributed by atoms with Crippen molar-refractivity contribution in [3.8, 4) is 0 Å². The van der Waals surface area contributed by atoms with Crippen molar-refractivity contribution in [1.29, 1.82) is 0 Å². The van der Waals surface area contributed by atoms with Gasteiger partial charge in [-0.15, -0.1) is 0 Å². The van der Waals surface area contributed by atoms with Crippen LogP contribution in [0.15, 0.2) is 4.99 Å². The van der Waals surface area contributed by atoms with Crippen molar-refractivity contribution in [3.63, 3.8) is 0 Å². The number of hydrogen-bond acceptors (Lipinski definition) is 10. The summed E-state index contributed by atoms with van der Waals surface area (Å²) in [4.78, 5) is 48.8. The van der Waals surface area contributed by atoms with Crippen molar-refractivity contribution in [2.24, 2.45) is 16.5 Å². The molecule has 3 saturated heterocycles. The topological polar surface area (TPSA) is 181 Å². The number of rotatable bonds is 3. The van der Waals surface area contributed by atoms with E-state index in [1.165, 1.54) is 4.90 Å². The Balaban J connectivity index is 1.41. The molecule has 7 N–H and O–H groups in total. The SMILES string of the molecule is NC1=N[C@@H](CN2C(=O)CCC2=O)C2[NH+]=C(N)NC23[C@H](O)[C@@H](OC(=O)N2CCCC2)CN13. The lowest BCUT2D eigenvalue weighted by molar-refractivity contribution is -0.514. The van der Waals surface area contributed by atoms with E-state index in [1.54, 1.807) is 9.80 Å². The van der Waals surface area contributed by atoms with Crippen LogP contribution in [0.1, 0.15) is 25.7 Å². The molecule has 5 rings (SSSR count). The summed E-state index contributed by atoms with van der Waals surface area (Å²) >= 11 is 0. The van der Waals surface area contributed by atoms with Crippen LogP contribution in [-0.4, -0.2) is 106 Å². The summed E-state index contributed by atoms with van der Waals surface area (Å²) in [5.74, 6) is -0.206. The van der Waals surface area contributed by atoms with E-state index in [4.69, 9.17) is 16.2 Å². The molecule has 31 heavy (non-hydrogen) atoms. The molecule has 0 aromatic heterocycles. The van der Waals surface area contributed by atoms with Gasteiger partial charge < -0.3 is 20.5 Å². The largest absolute Gasteiger partial charge is 0.441 e. The van der Waals surface area contributed by atoms with Crippen molar-refractivity contribution in [1.82, 2.24) is 20.0 Å². The molecular formula is C18H27N8O5+. The Morgan fingerprint density at radius 2 is 1.94 bits per heavy atom. The molecule has 13 nitrogen and oxygen atoms in total. The number of nitrogens with zero attached hydrogens (tertiary/aromatic N) is 4. The van der Waals surface area contributed by atoms with E-state index in [0.717, 1.165) is 12.8 Å². The summed E-state index contributed by atoms with van der Waals surface area (Å²) in [6.45, 7) is 1.40. The molecule has 5 atom stereocenters. The quantitative estimate of drug-likeness (QED) is 0.272. The normalized spacial score (nSPS) is 36.9. The van der Waals surface area contributed by atoms with Gasteiger partial charge in [0.05, 0.1) is 13.1 Å². The number of aliphatic hydroxyl groups is 1. The Labute approximate surface area is 178 Å². The molecule has 0 aliphatic carbocycles. The number of aliphatic hydroxyl groups excluding tert-OH is 1. The predicted octanol–water partition coefficient (Wildman–Crippen LogP) is -4.83. The van der Waals surface area contributed by atoms with Crippen LogP contribution in [0.4, 0.5) is 4.79 Å². The van der Waals surface area contributed by atoms with Crippen LogP contribution in [-0.2, 0) is 14.3 Å². The third-order valence-corrected chi connectivity index (χ3v) is 6.83. The maximum atomic E-state index is 12.5. The summed E-state index contributed by atoms with van der Waals surface area (Å²) in [5.41, 5.74) is 11.0. The average Bonchev–Trinajstić information content (AvgIpc) is 3.49. The van der Waals surface area contributed by atoms with Crippen LogP contribution in [0.25, 0.3) is 0 Å². The van der Waals surface area contributed by atoms with Gasteiger partial charge in [-0.25, -0.2) is 15.1 Å². The zero-order valence-electron chi connectivity index (χ0n) is 17.0. The Hall–Kier alpha value is -3.09. The highest BCUT2D eigenvalue weighted by atomic mass is 16.6. The summed E-state index contributed by atoms with van der Waals surface area (Å²) in [5, 5.41) is 14.4. The van der Waals surface area contributed by atoms with Crippen molar-refractivity contribution in [2.75, 3.05) is 26.2 Å². The van der Waals surface area contributed by atoms with E-state index in [-0.39, 0.29) is 49.7 Å². The molecule has 0 radical (unpaired) electrons. The fraction of sp³-hybridized carbons (Fsp3) is 0.722. The first-order valence-electron chi connectivity index (χ1n) is 10.6. The lowest BCUT2D eigenvalue weighted by atomic mass is 9.88. The number of guanidine groups is 2. The van der Waals surface area contributed by atoms with Crippen molar-refractivity contribution < 1.29 is 29.2 Å². The maximum Gasteiger partial charge on any atom is 0.410 e. The number of amides is 3. The van der Waals surface area contributed by atoms with Crippen LogP contribution < -0.4 is 21.8 Å². The standard InChI is InChI=1S/C18H26N8O5/c19-15-22-13-9(7-25-11(27)3-4-12(25)28)21-16(20)26-8-10(14(29)18(13,26)23-15)31-17(30)24-5-1-2-6-24/h9-10,13-14,29H,1-8H2,(H2,20,21)(H3,19,22,23)/p+1/t9-,10-,13?,14+,18?/m0/s1. The third-order valence-electron chi connectivity index (χ3n) is 6.83. The Kier molecular flexibility index (Phi) is 4.46. The van der Waals surface area contributed by atoms with Crippen LogP contribution in [0.3, 0.4) is 0 Å². The molecule has 0 aromatic rings. The molecule has 0 saturated carbocycles. The minimum absolute atomic E-state index is 0.0194. The fourth-order valence-corrected chi connectivity index (χ4v) is 5.33. The Morgan fingerprint density at radius 3 is 2.61 bits per heavy atom. The molecule has 2 unspecified atom stereocenters. The summed E-state index contributed by atoms with van der Waals surface area (Å²) in [6, 6.07) is -1.25. The number of carbonyl (C=O) groups is 3. The number of likely N-dealkylation sites (tertiary alicyclic amines) is 2. The highest BCUT2D eigenvalue weighted by Crippen LogP contribution is 2.37. The highest BCUT2D eigenvalue weighted by Gasteiger charge is 2.69. The second-order valence-electron chi connectivity index (χ2n) is 8.61. The molecule has 5 aliphatic rings. The lowest BCUT2D eigenvalue weighted by Gasteiger charge is -2.43. The molecule has 3 amide bonds. The van der Waals surface area contributed by atoms with Gasteiger partial charge in [0, 0.05) is 25.9 Å². The van der Waals surface area contributed by atoms with Gasteiger partial charge in [-0.2, -0.15) is 0 Å². The summed E-state index contributed by atoms with van der Waals surface area (Å²) < 4.78 is 5.64. The lowest BCUT2D eigenvalue weighted by Crippen LogP contribution is -2.88. The van der Waals surface area contributed by atoms with E-state index < -0.39 is 36.0 Å². The molecule has 168 valence electrons. The van der Waals surface area contributed by atoms with Crippen molar-refractivity contribution in [3.05, 3.63) is 0 Å². The minimum atomic E-state index is -1.22. The number of nitrogens with one attached hydrogen (secondary N) is 2. The highest BCUT2D eigenvalue weighted by molar-refractivity contribution is 6.02. The molecule has 5 heterocycles. The second-order valence-corrected chi connectivity index (χ2v) is 8.61. The number of hydrogen-bond donors (Lipinski definition) is 5. The average molecular weight is 435 g/mol. The molecule has 3 fully saturated rings. The van der Waals surface area contributed by atoms with Gasteiger partial charge in [0.15, 0.2) is 24.2 Å². The summed E-state index contributed by atoms with van der Waals surface area (Å²) in [7, 11) is 0. The number of imide groups is 1. The molecular weight excluding hydrogens is 408 g/mol. The van der Waals surface area contributed by atoms with Gasteiger partial charge in [-0.3, -0.25) is 30.1 Å². The third kappa shape index (κ3) is 2.90. The number of nitrogens with two attached hydrogens (primary N) is 2. The van der Waals surface area contributed by atoms with E-state index >= 15 is 0 Å². The van der Waals surface area contributed by atoms with E-state index in [1.807, 2.05) is 0 Å². The van der Waals surface area contributed by atoms with Crippen molar-refractivity contribution in [2.45, 2.75) is 55.6 Å². The second kappa shape index (κ2) is 6.97. The predicted molar refractivity (Wildman–Crippen MR) is 105 cm³/mol. The van der Waals surface area contributed by atoms with E-state index in [0.29, 0.717) is 13.1 Å². The number of ether oxygens (including phenoxy) is 1. The first-order valence-corrected chi connectivity index (χ1v) is 10.6. The molecule has 5 aliphatic heterocycles. The van der Waals surface area contributed by atoms with Gasteiger partial charge in [-0.1, -0.05) is 0 Å². The smallest absolute Gasteiger partial charge is 0.410 e. The Morgan fingerprint density at radius 1 is 1.26 bits per heavy atom. The zero-order valence-corrected chi connectivity index (χ0v) is 17.0. The fourth-order valence-electron chi connectivity index (χ4n) is 5.33. The van der Waals surface area contributed by atoms with Gasteiger partial charge >= 0.3 is 12.1 Å².